The highest BCUT2D eigenvalue weighted by Crippen LogP contribution is 2.26. The number of aliphatic carboxylic acids is 1. The van der Waals surface area contributed by atoms with Crippen LogP contribution in [0, 0.1) is 13.8 Å². The van der Waals surface area contributed by atoms with E-state index in [1.807, 2.05) is 49.6 Å². The summed E-state index contributed by atoms with van der Waals surface area (Å²) in [5.74, 6) is -0.859. The number of carboxylic acid groups (broad SMARTS) is 1. The monoisotopic (exact) mass is 289 g/mol. The van der Waals surface area contributed by atoms with E-state index in [1.54, 1.807) is 18.3 Å². The van der Waals surface area contributed by atoms with Gasteiger partial charge in [-0.15, -0.1) is 11.3 Å². The summed E-state index contributed by atoms with van der Waals surface area (Å²) in [6.45, 7) is 6.20. The van der Waals surface area contributed by atoms with Gasteiger partial charge >= 0.3 is 5.97 Å². The van der Waals surface area contributed by atoms with Crippen LogP contribution in [0.15, 0.2) is 35.7 Å². The van der Waals surface area contributed by atoms with E-state index < -0.39 is 11.5 Å². The zero-order valence-electron chi connectivity index (χ0n) is 11.9. The van der Waals surface area contributed by atoms with Gasteiger partial charge in [0.2, 0.25) is 0 Å². The van der Waals surface area contributed by atoms with Crippen molar-refractivity contribution in [2.24, 2.45) is 0 Å². The molecule has 0 saturated carbocycles. The van der Waals surface area contributed by atoms with Crippen molar-refractivity contribution in [3.8, 4) is 0 Å². The summed E-state index contributed by atoms with van der Waals surface area (Å²) in [7, 11) is 0. The standard InChI is InChI=1S/C16H19NO2S/c1-11-6-7-12(2)14(9-11)16(3,15(18)19)17-10-13-5-4-8-20-13/h4-9,17H,10H2,1-3H3,(H,18,19). The molecule has 4 heteroatoms. The lowest BCUT2D eigenvalue weighted by Gasteiger charge is -2.28. The zero-order valence-corrected chi connectivity index (χ0v) is 12.8. The van der Waals surface area contributed by atoms with Crippen LogP contribution in [-0.2, 0) is 16.9 Å². The molecule has 3 nitrogen and oxygen atoms in total. The zero-order chi connectivity index (χ0) is 14.8. The number of carboxylic acids is 1. The Kier molecular flexibility index (Phi) is 4.26. The minimum Gasteiger partial charge on any atom is -0.480 e. The van der Waals surface area contributed by atoms with E-state index in [-0.39, 0.29) is 0 Å². The summed E-state index contributed by atoms with van der Waals surface area (Å²) in [5.41, 5.74) is 1.79. The van der Waals surface area contributed by atoms with E-state index in [1.165, 1.54) is 0 Å². The van der Waals surface area contributed by atoms with Crippen LogP contribution in [0.3, 0.4) is 0 Å². The quantitative estimate of drug-likeness (QED) is 0.886. The van der Waals surface area contributed by atoms with Crippen molar-refractivity contribution >= 4 is 17.3 Å². The topological polar surface area (TPSA) is 49.3 Å². The normalized spacial score (nSPS) is 13.9. The number of rotatable bonds is 5. The van der Waals surface area contributed by atoms with Crippen molar-refractivity contribution in [3.05, 3.63) is 57.3 Å². The van der Waals surface area contributed by atoms with Gasteiger partial charge in [0.05, 0.1) is 0 Å². The van der Waals surface area contributed by atoms with E-state index in [2.05, 4.69) is 5.32 Å². The van der Waals surface area contributed by atoms with Crippen LogP contribution >= 0.6 is 11.3 Å². The molecule has 0 bridgehead atoms. The van der Waals surface area contributed by atoms with Crippen LogP contribution in [0.5, 0.6) is 0 Å². The first-order valence-electron chi connectivity index (χ1n) is 6.52. The molecule has 0 saturated heterocycles. The molecular weight excluding hydrogens is 270 g/mol. The Balaban J connectivity index is 2.33. The van der Waals surface area contributed by atoms with Gasteiger partial charge in [-0.25, -0.2) is 4.79 Å². The first-order valence-corrected chi connectivity index (χ1v) is 7.40. The lowest BCUT2D eigenvalue weighted by atomic mass is 9.87. The molecule has 0 aliphatic carbocycles. The van der Waals surface area contributed by atoms with Crippen molar-refractivity contribution < 1.29 is 9.90 Å². The van der Waals surface area contributed by atoms with Gasteiger partial charge in [-0.2, -0.15) is 0 Å². The number of benzene rings is 1. The molecular formula is C16H19NO2S. The molecule has 0 spiro atoms. The first kappa shape index (κ1) is 14.8. The minimum absolute atomic E-state index is 0.549. The summed E-state index contributed by atoms with van der Waals surface area (Å²) in [4.78, 5) is 12.9. The highest BCUT2D eigenvalue weighted by atomic mass is 32.1. The van der Waals surface area contributed by atoms with E-state index >= 15 is 0 Å². The molecule has 1 unspecified atom stereocenters. The Morgan fingerprint density at radius 2 is 2.10 bits per heavy atom. The maximum Gasteiger partial charge on any atom is 0.328 e. The van der Waals surface area contributed by atoms with Gasteiger partial charge < -0.3 is 5.11 Å². The molecule has 2 rings (SSSR count). The molecule has 0 fully saturated rings. The molecule has 1 aromatic heterocycles. The average molecular weight is 289 g/mol. The molecule has 0 amide bonds. The van der Waals surface area contributed by atoms with Crippen LogP contribution in [0.4, 0.5) is 0 Å². The average Bonchev–Trinajstić information content (AvgIpc) is 2.92. The summed E-state index contributed by atoms with van der Waals surface area (Å²) >= 11 is 1.62. The van der Waals surface area contributed by atoms with Crippen LogP contribution in [0.25, 0.3) is 0 Å². The number of hydrogen-bond acceptors (Lipinski definition) is 3. The number of hydrogen-bond donors (Lipinski definition) is 2. The van der Waals surface area contributed by atoms with E-state index in [4.69, 9.17) is 0 Å². The predicted molar refractivity (Wildman–Crippen MR) is 82.1 cm³/mol. The van der Waals surface area contributed by atoms with Gasteiger partial charge in [0.25, 0.3) is 0 Å². The third-order valence-electron chi connectivity index (χ3n) is 3.56. The second kappa shape index (κ2) is 5.77. The summed E-state index contributed by atoms with van der Waals surface area (Å²) < 4.78 is 0. The molecule has 20 heavy (non-hydrogen) atoms. The second-order valence-corrected chi connectivity index (χ2v) is 6.21. The van der Waals surface area contributed by atoms with Crippen molar-refractivity contribution in [2.75, 3.05) is 0 Å². The number of nitrogens with one attached hydrogen (secondary N) is 1. The molecule has 106 valence electrons. The number of carbonyl (C=O) groups is 1. The maximum atomic E-state index is 11.8. The second-order valence-electron chi connectivity index (χ2n) is 5.18. The summed E-state index contributed by atoms with van der Waals surface area (Å²) in [6, 6.07) is 9.89. The molecule has 1 atom stereocenters. The molecule has 1 aromatic carbocycles. The Bertz CT molecular complexity index is 607. The number of aryl methyl sites for hydroxylation is 2. The number of thiophene rings is 1. The molecule has 0 aliphatic rings. The Morgan fingerprint density at radius 3 is 2.70 bits per heavy atom. The van der Waals surface area contributed by atoms with Crippen LogP contribution < -0.4 is 5.32 Å². The van der Waals surface area contributed by atoms with E-state index in [0.717, 1.165) is 21.6 Å². The van der Waals surface area contributed by atoms with Gasteiger partial charge in [0.1, 0.15) is 5.54 Å². The highest BCUT2D eigenvalue weighted by molar-refractivity contribution is 7.09. The molecule has 2 aromatic rings. The first-order chi connectivity index (χ1) is 9.43. The van der Waals surface area contributed by atoms with E-state index in [9.17, 15) is 9.90 Å². The van der Waals surface area contributed by atoms with Gasteiger partial charge in [-0.3, -0.25) is 5.32 Å². The summed E-state index contributed by atoms with van der Waals surface area (Å²) in [5, 5.41) is 14.9. The van der Waals surface area contributed by atoms with E-state index in [0.29, 0.717) is 6.54 Å². The van der Waals surface area contributed by atoms with Crippen LogP contribution in [-0.4, -0.2) is 11.1 Å². The third kappa shape index (κ3) is 2.92. The molecule has 2 N–H and O–H groups in total. The fourth-order valence-corrected chi connectivity index (χ4v) is 2.88. The lowest BCUT2D eigenvalue weighted by molar-refractivity contribution is -0.144. The fourth-order valence-electron chi connectivity index (χ4n) is 2.24. The van der Waals surface area contributed by atoms with Gasteiger partial charge in [-0.05, 0) is 43.3 Å². The van der Waals surface area contributed by atoms with Crippen molar-refractivity contribution in [2.45, 2.75) is 32.9 Å². The smallest absolute Gasteiger partial charge is 0.328 e. The van der Waals surface area contributed by atoms with Gasteiger partial charge in [0.15, 0.2) is 0 Å². The third-order valence-corrected chi connectivity index (χ3v) is 4.43. The molecule has 0 aliphatic heterocycles. The lowest BCUT2D eigenvalue weighted by Crippen LogP contribution is -2.46. The maximum absolute atomic E-state index is 11.8. The SMILES string of the molecule is Cc1ccc(C)c(C(C)(NCc2cccs2)C(=O)O)c1. The molecule has 1 heterocycles. The van der Waals surface area contributed by atoms with Gasteiger partial charge in [0, 0.05) is 11.4 Å². The Morgan fingerprint density at radius 1 is 1.35 bits per heavy atom. The predicted octanol–water partition coefficient (Wildman–Crippen LogP) is 3.45. The largest absolute Gasteiger partial charge is 0.480 e. The highest BCUT2D eigenvalue weighted by Gasteiger charge is 2.36. The van der Waals surface area contributed by atoms with Crippen LogP contribution in [0.1, 0.15) is 28.5 Å². The van der Waals surface area contributed by atoms with Crippen molar-refractivity contribution in [3.63, 3.8) is 0 Å². The Hall–Kier alpha value is -1.65. The van der Waals surface area contributed by atoms with Gasteiger partial charge in [-0.1, -0.05) is 29.8 Å². The van der Waals surface area contributed by atoms with Crippen LogP contribution in [0.2, 0.25) is 0 Å². The molecule has 0 radical (unpaired) electrons. The van der Waals surface area contributed by atoms with Crippen molar-refractivity contribution in [1.82, 2.24) is 5.32 Å². The summed E-state index contributed by atoms with van der Waals surface area (Å²) in [6.07, 6.45) is 0. The fraction of sp³-hybridized carbons (Fsp3) is 0.312. The minimum atomic E-state index is -1.08. The van der Waals surface area contributed by atoms with Crippen molar-refractivity contribution in [1.29, 1.82) is 0 Å². The Labute approximate surface area is 123 Å².